The Kier molecular flexibility index (Phi) is 4.12. The van der Waals surface area contributed by atoms with Crippen molar-refractivity contribution in [1.82, 2.24) is 0 Å². The number of rotatable bonds is 3. The van der Waals surface area contributed by atoms with E-state index in [1.54, 1.807) is 30.3 Å². The van der Waals surface area contributed by atoms with Crippen LogP contribution in [-0.4, -0.2) is 5.11 Å². The molecule has 2 rings (SSSR count). The van der Waals surface area contributed by atoms with Crippen molar-refractivity contribution in [1.29, 1.82) is 0 Å². The molecule has 2 aromatic carbocycles. The van der Waals surface area contributed by atoms with Crippen molar-refractivity contribution >= 4 is 23.2 Å². The number of aliphatic hydroxyl groups excluding tert-OH is 1. The minimum Gasteiger partial charge on any atom is -0.455 e. The van der Waals surface area contributed by atoms with E-state index in [0.717, 1.165) is 5.56 Å². The number of aryl methyl sites for hydroxylation is 1. The Hall–Kier alpha value is -1.22. The van der Waals surface area contributed by atoms with Crippen LogP contribution < -0.4 is 4.74 Å². The SMILES string of the molecule is Cc1cc(Cl)ccc1Oc1c(Cl)cccc1CO. The third-order valence-electron chi connectivity index (χ3n) is 2.57. The molecule has 2 nitrogen and oxygen atoms in total. The highest BCUT2D eigenvalue weighted by molar-refractivity contribution is 6.32. The van der Waals surface area contributed by atoms with E-state index in [1.165, 1.54) is 0 Å². The maximum absolute atomic E-state index is 9.27. The minimum atomic E-state index is -0.122. The molecule has 0 amide bonds. The van der Waals surface area contributed by atoms with Crippen LogP contribution in [0.15, 0.2) is 36.4 Å². The number of hydrogen-bond acceptors (Lipinski definition) is 2. The van der Waals surface area contributed by atoms with Crippen LogP contribution in [0.1, 0.15) is 11.1 Å². The fourth-order valence-corrected chi connectivity index (χ4v) is 2.09. The van der Waals surface area contributed by atoms with Gasteiger partial charge in [0.15, 0.2) is 5.75 Å². The topological polar surface area (TPSA) is 29.5 Å². The summed E-state index contributed by atoms with van der Waals surface area (Å²) >= 11 is 12.0. The van der Waals surface area contributed by atoms with Gasteiger partial charge in [0, 0.05) is 10.6 Å². The number of benzene rings is 2. The van der Waals surface area contributed by atoms with Gasteiger partial charge in [0.05, 0.1) is 11.6 Å². The van der Waals surface area contributed by atoms with E-state index in [9.17, 15) is 5.11 Å². The van der Waals surface area contributed by atoms with E-state index < -0.39 is 0 Å². The zero-order chi connectivity index (χ0) is 13.1. The number of halogens is 2. The molecule has 2 aromatic rings. The van der Waals surface area contributed by atoms with Crippen molar-refractivity contribution in [3.05, 3.63) is 57.6 Å². The van der Waals surface area contributed by atoms with Gasteiger partial charge >= 0.3 is 0 Å². The molecule has 0 aliphatic carbocycles. The fraction of sp³-hybridized carbons (Fsp3) is 0.143. The largest absolute Gasteiger partial charge is 0.455 e. The predicted octanol–water partition coefficient (Wildman–Crippen LogP) is 4.59. The van der Waals surface area contributed by atoms with Crippen LogP contribution in [0.4, 0.5) is 0 Å². The molecule has 1 N–H and O–H groups in total. The van der Waals surface area contributed by atoms with Crippen LogP contribution in [0.2, 0.25) is 10.0 Å². The van der Waals surface area contributed by atoms with Crippen LogP contribution in [0, 0.1) is 6.92 Å². The molecule has 0 spiro atoms. The van der Waals surface area contributed by atoms with Crippen molar-refractivity contribution in [3.8, 4) is 11.5 Å². The summed E-state index contributed by atoms with van der Waals surface area (Å²) in [4.78, 5) is 0. The molecular formula is C14H12Cl2O2. The Labute approximate surface area is 116 Å². The van der Waals surface area contributed by atoms with Crippen LogP contribution in [0.5, 0.6) is 11.5 Å². The lowest BCUT2D eigenvalue weighted by Gasteiger charge is -2.13. The highest BCUT2D eigenvalue weighted by Crippen LogP contribution is 2.34. The van der Waals surface area contributed by atoms with E-state index in [-0.39, 0.29) is 6.61 Å². The molecule has 0 aliphatic rings. The molecular weight excluding hydrogens is 271 g/mol. The number of aliphatic hydroxyl groups is 1. The van der Waals surface area contributed by atoms with Gasteiger partial charge < -0.3 is 9.84 Å². The Morgan fingerprint density at radius 3 is 2.61 bits per heavy atom. The van der Waals surface area contributed by atoms with E-state index in [2.05, 4.69) is 0 Å². The molecule has 4 heteroatoms. The quantitative estimate of drug-likeness (QED) is 0.893. The third kappa shape index (κ3) is 2.78. The molecule has 18 heavy (non-hydrogen) atoms. The van der Waals surface area contributed by atoms with Gasteiger partial charge in [-0.25, -0.2) is 0 Å². The summed E-state index contributed by atoms with van der Waals surface area (Å²) in [5.74, 6) is 1.15. The van der Waals surface area contributed by atoms with Gasteiger partial charge in [-0.15, -0.1) is 0 Å². The first kappa shape index (κ1) is 13.2. The highest BCUT2D eigenvalue weighted by Gasteiger charge is 2.10. The average Bonchev–Trinajstić information content (AvgIpc) is 2.34. The average molecular weight is 283 g/mol. The normalized spacial score (nSPS) is 10.4. The van der Waals surface area contributed by atoms with Gasteiger partial charge in [0.1, 0.15) is 5.75 Å². The van der Waals surface area contributed by atoms with E-state index >= 15 is 0 Å². The Morgan fingerprint density at radius 2 is 1.94 bits per heavy atom. The van der Waals surface area contributed by atoms with Crippen molar-refractivity contribution < 1.29 is 9.84 Å². The van der Waals surface area contributed by atoms with E-state index in [1.807, 2.05) is 13.0 Å². The van der Waals surface area contributed by atoms with Crippen LogP contribution in [0.3, 0.4) is 0 Å². The van der Waals surface area contributed by atoms with E-state index in [0.29, 0.717) is 27.1 Å². The lowest BCUT2D eigenvalue weighted by molar-refractivity contribution is 0.276. The van der Waals surface area contributed by atoms with Crippen molar-refractivity contribution in [3.63, 3.8) is 0 Å². The van der Waals surface area contributed by atoms with Crippen LogP contribution in [0.25, 0.3) is 0 Å². The van der Waals surface area contributed by atoms with Crippen LogP contribution >= 0.6 is 23.2 Å². The first-order chi connectivity index (χ1) is 8.61. The summed E-state index contributed by atoms with van der Waals surface area (Å²) in [5.41, 5.74) is 1.56. The summed E-state index contributed by atoms with van der Waals surface area (Å²) in [6.45, 7) is 1.78. The summed E-state index contributed by atoms with van der Waals surface area (Å²) in [7, 11) is 0. The maximum Gasteiger partial charge on any atom is 0.151 e. The maximum atomic E-state index is 9.27. The molecule has 94 valence electrons. The van der Waals surface area contributed by atoms with Crippen molar-refractivity contribution in [2.24, 2.45) is 0 Å². The molecule has 0 atom stereocenters. The summed E-state index contributed by atoms with van der Waals surface area (Å²) in [6, 6.07) is 10.6. The van der Waals surface area contributed by atoms with E-state index in [4.69, 9.17) is 27.9 Å². The molecule has 0 unspecified atom stereocenters. The Bertz CT molecular complexity index is 568. The second kappa shape index (κ2) is 5.61. The number of hydrogen-bond donors (Lipinski definition) is 1. The number of ether oxygens (including phenoxy) is 1. The summed E-state index contributed by atoms with van der Waals surface area (Å²) in [6.07, 6.45) is 0. The summed E-state index contributed by atoms with van der Waals surface area (Å²) < 4.78 is 5.77. The molecule has 0 fully saturated rings. The van der Waals surface area contributed by atoms with Gasteiger partial charge in [0.2, 0.25) is 0 Å². The van der Waals surface area contributed by atoms with Gasteiger partial charge in [-0.1, -0.05) is 35.3 Å². The number of para-hydroxylation sites is 1. The van der Waals surface area contributed by atoms with Crippen LogP contribution in [-0.2, 0) is 6.61 Å². The standard InChI is InChI=1S/C14H12Cl2O2/c1-9-7-11(15)5-6-13(9)18-14-10(8-17)3-2-4-12(14)16/h2-7,17H,8H2,1H3. The van der Waals surface area contributed by atoms with Gasteiger partial charge in [-0.2, -0.15) is 0 Å². The second-order valence-corrected chi connectivity index (χ2v) is 4.74. The van der Waals surface area contributed by atoms with Crippen molar-refractivity contribution in [2.75, 3.05) is 0 Å². The molecule has 0 saturated carbocycles. The van der Waals surface area contributed by atoms with Crippen molar-refractivity contribution in [2.45, 2.75) is 13.5 Å². The molecule has 0 heterocycles. The molecule has 0 bridgehead atoms. The smallest absolute Gasteiger partial charge is 0.151 e. The first-order valence-electron chi connectivity index (χ1n) is 5.44. The minimum absolute atomic E-state index is 0.122. The fourth-order valence-electron chi connectivity index (χ4n) is 1.63. The lowest BCUT2D eigenvalue weighted by Crippen LogP contribution is -1.94. The molecule has 0 radical (unpaired) electrons. The molecule has 0 saturated heterocycles. The second-order valence-electron chi connectivity index (χ2n) is 3.90. The summed E-state index contributed by atoms with van der Waals surface area (Å²) in [5, 5.41) is 10.4. The molecule has 0 aromatic heterocycles. The predicted molar refractivity (Wildman–Crippen MR) is 73.6 cm³/mol. The monoisotopic (exact) mass is 282 g/mol. The third-order valence-corrected chi connectivity index (χ3v) is 3.10. The zero-order valence-electron chi connectivity index (χ0n) is 9.78. The van der Waals surface area contributed by atoms with Gasteiger partial charge in [0.25, 0.3) is 0 Å². The Balaban J connectivity index is 2.39. The van der Waals surface area contributed by atoms with Gasteiger partial charge in [-0.3, -0.25) is 0 Å². The van der Waals surface area contributed by atoms with Gasteiger partial charge in [-0.05, 0) is 36.8 Å². The zero-order valence-corrected chi connectivity index (χ0v) is 11.3. The molecule has 0 aliphatic heterocycles. The highest BCUT2D eigenvalue weighted by atomic mass is 35.5. The first-order valence-corrected chi connectivity index (χ1v) is 6.19. The lowest BCUT2D eigenvalue weighted by atomic mass is 10.2. The Morgan fingerprint density at radius 1 is 1.17 bits per heavy atom.